The molecule has 0 amide bonds. The minimum absolute atomic E-state index is 0.0161. The predicted octanol–water partition coefficient (Wildman–Crippen LogP) is 4.85. The molecule has 0 aliphatic heterocycles. The summed E-state index contributed by atoms with van der Waals surface area (Å²) in [6.45, 7) is 18.0. The second-order valence-corrected chi connectivity index (χ2v) is 9.50. The highest BCUT2D eigenvalue weighted by atomic mass is 16.5. The summed E-state index contributed by atoms with van der Waals surface area (Å²) >= 11 is 0. The van der Waals surface area contributed by atoms with E-state index in [4.69, 9.17) is 9.47 Å². The number of esters is 1. The van der Waals surface area contributed by atoms with E-state index in [0.717, 1.165) is 16.9 Å². The van der Waals surface area contributed by atoms with E-state index in [1.165, 1.54) is 0 Å². The predicted molar refractivity (Wildman–Crippen MR) is 106 cm³/mol. The van der Waals surface area contributed by atoms with Crippen molar-refractivity contribution in [1.82, 2.24) is 0 Å². The van der Waals surface area contributed by atoms with E-state index in [2.05, 4.69) is 41.5 Å². The van der Waals surface area contributed by atoms with Crippen LogP contribution < -0.4 is 9.47 Å². The number of ether oxygens (including phenoxy) is 2. The molecule has 0 aliphatic rings. The van der Waals surface area contributed by atoms with Gasteiger partial charge < -0.3 is 14.6 Å². The van der Waals surface area contributed by atoms with E-state index in [0.29, 0.717) is 5.75 Å². The van der Waals surface area contributed by atoms with Gasteiger partial charge in [0.05, 0.1) is 19.1 Å². The minimum atomic E-state index is -0.739. The maximum Gasteiger partial charge on any atom is 0.316 e. The Morgan fingerprint density at radius 2 is 1.38 bits per heavy atom. The van der Waals surface area contributed by atoms with Gasteiger partial charge in [0, 0.05) is 11.1 Å². The van der Waals surface area contributed by atoms with Crippen molar-refractivity contribution >= 4 is 5.97 Å². The number of hydrogen-bond acceptors (Lipinski definition) is 4. The lowest BCUT2D eigenvalue weighted by atomic mass is 9.79. The SMILES string of the molecule is COc1cc(C(C)(C)C)c(OC(=O)[C@@H](C)[C@@H](O)C(C)C)c(C(C)(C)C)c1. The molecular weight excluding hydrogens is 328 g/mol. The Labute approximate surface area is 158 Å². The van der Waals surface area contributed by atoms with Gasteiger partial charge in [-0.3, -0.25) is 4.79 Å². The molecule has 0 aromatic heterocycles. The molecule has 148 valence electrons. The van der Waals surface area contributed by atoms with Gasteiger partial charge in [0.25, 0.3) is 0 Å². The van der Waals surface area contributed by atoms with E-state index in [1.54, 1.807) is 14.0 Å². The second kappa shape index (κ2) is 7.99. The zero-order valence-electron chi connectivity index (χ0n) is 18.1. The number of benzene rings is 1. The van der Waals surface area contributed by atoms with Crippen molar-refractivity contribution in [1.29, 1.82) is 0 Å². The smallest absolute Gasteiger partial charge is 0.316 e. The summed E-state index contributed by atoms with van der Waals surface area (Å²) in [5.41, 5.74) is 1.37. The maximum absolute atomic E-state index is 12.8. The number of carbonyl (C=O) groups is 1. The van der Waals surface area contributed by atoms with Crippen LogP contribution in [0.2, 0.25) is 0 Å². The van der Waals surface area contributed by atoms with Crippen molar-refractivity contribution in [3.63, 3.8) is 0 Å². The summed E-state index contributed by atoms with van der Waals surface area (Å²) in [4.78, 5) is 12.8. The van der Waals surface area contributed by atoms with Crippen LogP contribution >= 0.6 is 0 Å². The van der Waals surface area contributed by atoms with Crippen LogP contribution in [0.5, 0.6) is 11.5 Å². The summed E-state index contributed by atoms with van der Waals surface area (Å²) < 4.78 is 11.4. The third-order valence-corrected chi connectivity index (χ3v) is 4.68. The number of aliphatic hydroxyl groups excluding tert-OH is 1. The van der Waals surface area contributed by atoms with E-state index in [9.17, 15) is 9.90 Å². The van der Waals surface area contributed by atoms with Crippen molar-refractivity contribution < 1.29 is 19.4 Å². The van der Waals surface area contributed by atoms with Crippen molar-refractivity contribution in [2.45, 2.75) is 79.2 Å². The zero-order chi connectivity index (χ0) is 20.4. The molecule has 1 aromatic carbocycles. The molecule has 0 radical (unpaired) electrons. The normalized spacial score (nSPS) is 14.9. The number of hydrogen-bond donors (Lipinski definition) is 1. The van der Waals surface area contributed by atoms with Crippen molar-refractivity contribution in [2.24, 2.45) is 11.8 Å². The van der Waals surface area contributed by atoms with Gasteiger partial charge in [0.2, 0.25) is 0 Å². The fourth-order valence-electron chi connectivity index (χ4n) is 2.85. The lowest BCUT2D eigenvalue weighted by Crippen LogP contribution is -2.34. The van der Waals surface area contributed by atoms with Gasteiger partial charge in [0.15, 0.2) is 0 Å². The first-order valence-electron chi connectivity index (χ1n) is 9.33. The van der Waals surface area contributed by atoms with E-state index >= 15 is 0 Å². The molecule has 26 heavy (non-hydrogen) atoms. The molecule has 0 saturated heterocycles. The molecule has 0 aliphatic carbocycles. The molecule has 1 rings (SSSR count). The molecule has 0 fully saturated rings. The molecule has 0 heterocycles. The van der Waals surface area contributed by atoms with Crippen LogP contribution in [0, 0.1) is 11.8 Å². The monoisotopic (exact) mass is 364 g/mol. The van der Waals surface area contributed by atoms with Crippen LogP contribution in [0.15, 0.2) is 12.1 Å². The van der Waals surface area contributed by atoms with Crippen molar-refractivity contribution in [3.8, 4) is 11.5 Å². The molecule has 4 nitrogen and oxygen atoms in total. The van der Waals surface area contributed by atoms with Gasteiger partial charge in [-0.2, -0.15) is 0 Å². The Morgan fingerprint density at radius 3 is 1.69 bits per heavy atom. The standard InChI is InChI=1S/C22H36O4/c1-13(2)18(23)14(3)20(24)26-19-16(21(4,5)6)11-15(25-10)12-17(19)22(7,8)9/h11-14,18,23H,1-10H3/t14-,18-/m0/s1. The van der Waals surface area contributed by atoms with Crippen LogP contribution in [0.25, 0.3) is 0 Å². The molecule has 1 aromatic rings. The number of carbonyl (C=O) groups excluding carboxylic acids is 1. The molecular formula is C22H36O4. The minimum Gasteiger partial charge on any atom is -0.497 e. The lowest BCUT2D eigenvalue weighted by Gasteiger charge is -2.30. The first-order chi connectivity index (χ1) is 11.7. The lowest BCUT2D eigenvalue weighted by molar-refractivity contribution is -0.143. The summed E-state index contributed by atoms with van der Waals surface area (Å²) in [5, 5.41) is 10.3. The molecule has 4 heteroatoms. The maximum atomic E-state index is 12.8. The third kappa shape index (κ3) is 5.23. The molecule has 0 spiro atoms. The molecule has 1 N–H and O–H groups in total. The van der Waals surface area contributed by atoms with Gasteiger partial charge in [-0.15, -0.1) is 0 Å². The van der Waals surface area contributed by atoms with E-state index in [-0.39, 0.29) is 16.7 Å². The second-order valence-electron chi connectivity index (χ2n) is 9.50. The molecule has 0 bridgehead atoms. The van der Waals surface area contributed by atoms with E-state index in [1.807, 2.05) is 26.0 Å². The number of rotatable bonds is 5. The Hall–Kier alpha value is -1.55. The summed E-state index contributed by atoms with van der Waals surface area (Å²) in [6, 6.07) is 3.86. The first-order valence-corrected chi connectivity index (χ1v) is 9.33. The number of aliphatic hydroxyl groups is 1. The summed E-state index contributed by atoms with van der Waals surface area (Å²) in [7, 11) is 1.64. The quantitative estimate of drug-likeness (QED) is 0.599. The topological polar surface area (TPSA) is 55.8 Å². The molecule has 0 unspecified atom stereocenters. The van der Waals surface area contributed by atoms with Crippen LogP contribution in [0.4, 0.5) is 0 Å². The fraction of sp³-hybridized carbons (Fsp3) is 0.682. The average molecular weight is 365 g/mol. The third-order valence-electron chi connectivity index (χ3n) is 4.68. The molecule has 0 saturated carbocycles. The number of methoxy groups -OCH3 is 1. The van der Waals surface area contributed by atoms with Gasteiger partial charge in [-0.05, 0) is 35.8 Å². The Balaban J connectivity index is 3.50. The van der Waals surface area contributed by atoms with Crippen LogP contribution in [0.1, 0.15) is 73.4 Å². The largest absolute Gasteiger partial charge is 0.497 e. The van der Waals surface area contributed by atoms with Gasteiger partial charge in [-0.25, -0.2) is 0 Å². The van der Waals surface area contributed by atoms with Crippen molar-refractivity contribution in [2.75, 3.05) is 7.11 Å². The highest BCUT2D eigenvalue weighted by Crippen LogP contribution is 2.42. The fourth-order valence-corrected chi connectivity index (χ4v) is 2.85. The highest BCUT2D eigenvalue weighted by molar-refractivity contribution is 5.77. The first kappa shape index (κ1) is 22.5. The van der Waals surface area contributed by atoms with E-state index < -0.39 is 18.0 Å². The van der Waals surface area contributed by atoms with Crippen LogP contribution in [0.3, 0.4) is 0 Å². The van der Waals surface area contributed by atoms with Crippen molar-refractivity contribution in [3.05, 3.63) is 23.3 Å². The van der Waals surface area contributed by atoms with Gasteiger partial charge in [-0.1, -0.05) is 55.4 Å². The molecule has 2 atom stereocenters. The summed E-state index contributed by atoms with van der Waals surface area (Å²) in [6.07, 6.45) is -0.739. The zero-order valence-corrected chi connectivity index (χ0v) is 18.1. The Kier molecular flexibility index (Phi) is 6.92. The summed E-state index contributed by atoms with van der Waals surface area (Å²) in [5.74, 6) is 0.302. The van der Waals surface area contributed by atoms with Crippen LogP contribution in [-0.2, 0) is 15.6 Å². The van der Waals surface area contributed by atoms with Crippen LogP contribution in [-0.4, -0.2) is 24.3 Å². The Bertz CT molecular complexity index is 598. The van der Waals surface area contributed by atoms with Gasteiger partial charge in [0.1, 0.15) is 11.5 Å². The highest BCUT2D eigenvalue weighted by Gasteiger charge is 2.32. The average Bonchev–Trinajstić information content (AvgIpc) is 2.50. The Morgan fingerprint density at radius 1 is 0.962 bits per heavy atom. The van der Waals surface area contributed by atoms with Gasteiger partial charge >= 0.3 is 5.97 Å².